The molecule has 0 atom stereocenters. The first-order valence-electron chi connectivity index (χ1n) is 4.36. The van der Waals surface area contributed by atoms with Crippen LogP contribution in [-0.2, 0) is 0 Å². The number of rotatable bonds is 3. The number of phenolic OH excluding ortho intramolecular Hbond substituents is 1. The molecule has 0 fully saturated rings. The van der Waals surface area contributed by atoms with Gasteiger partial charge in [0, 0.05) is 0 Å². The van der Waals surface area contributed by atoms with Gasteiger partial charge in [-0.05, 0) is 30.5 Å². The van der Waals surface area contributed by atoms with Crippen molar-refractivity contribution in [2.45, 2.75) is 4.34 Å². The summed E-state index contributed by atoms with van der Waals surface area (Å²) in [7, 11) is 0. The monoisotopic (exact) mass is 252 g/mol. The molecule has 16 heavy (non-hydrogen) atoms. The molecule has 2 aromatic rings. The molecule has 82 valence electrons. The van der Waals surface area contributed by atoms with Crippen molar-refractivity contribution in [3.8, 4) is 5.75 Å². The van der Waals surface area contributed by atoms with Crippen molar-refractivity contribution < 1.29 is 5.11 Å². The zero-order chi connectivity index (χ0) is 11.4. The number of azo groups is 1. The number of hydrogen-bond donors (Lipinski definition) is 1. The summed E-state index contributed by atoms with van der Waals surface area (Å²) in [5, 5.41) is 25.3. The van der Waals surface area contributed by atoms with Crippen LogP contribution in [0.4, 0.5) is 10.8 Å². The lowest BCUT2D eigenvalue weighted by Crippen LogP contribution is -1.67. The molecule has 1 N–H and O–H groups in total. The standard InChI is InChI=1S/C9H8N4OS2/c1-15-9-13-12-8(16-9)11-10-6-2-4-7(14)5-3-6/h2-5,14H,1H3. The van der Waals surface area contributed by atoms with Crippen molar-refractivity contribution in [1.82, 2.24) is 10.2 Å². The van der Waals surface area contributed by atoms with Gasteiger partial charge < -0.3 is 5.11 Å². The highest BCUT2D eigenvalue weighted by Crippen LogP contribution is 2.27. The highest BCUT2D eigenvalue weighted by molar-refractivity contribution is 8.00. The predicted octanol–water partition coefficient (Wildman–Crippen LogP) is 3.38. The summed E-state index contributed by atoms with van der Waals surface area (Å²) in [5.74, 6) is 0.208. The third-order valence-electron chi connectivity index (χ3n) is 1.67. The van der Waals surface area contributed by atoms with Crippen LogP contribution >= 0.6 is 23.1 Å². The summed E-state index contributed by atoms with van der Waals surface area (Å²) in [5.41, 5.74) is 0.665. The number of nitrogens with zero attached hydrogens (tertiary/aromatic N) is 4. The van der Waals surface area contributed by atoms with Crippen LogP contribution in [0.25, 0.3) is 0 Å². The Labute approximate surface area is 100 Å². The zero-order valence-electron chi connectivity index (χ0n) is 8.36. The SMILES string of the molecule is CSc1nnc(N=Nc2ccc(O)cc2)s1. The van der Waals surface area contributed by atoms with E-state index in [-0.39, 0.29) is 5.75 Å². The van der Waals surface area contributed by atoms with Gasteiger partial charge in [-0.2, -0.15) is 0 Å². The Morgan fingerprint density at radius 3 is 2.56 bits per heavy atom. The molecule has 1 aromatic carbocycles. The Morgan fingerprint density at radius 2 is 1.94 bits per heavy atom. The van der Waals surface area contributed by atoms with Crippen LogP contribution in [0.3, 0.4) is 0 Å². The van der Waals surface area contributed by atoms with E-state index in [1.54, 1.807) is 24.3 Å². The minimum absolute atomic E-state index is 0.208. The second-order valence-electron chi connectivity index (χ2n) is 2.77. The predicted molar refractivity (Wildman–Crippen MR) is 64.0 cm³/mol. The van der Waals surface area contributed by atoms with Gasteiger partial charge in [-0.1, -0.05) is 23.1 Å². The topological polar surface area (TPSA) is 70.7 Å². The number of hydrogen-bond acceptors (Lipinski definition) is 7. The highest BCUT2D eigenvalue weighted by atomic mass is 32.2. The first kappa shape index (κ1) is 11.0. The van der Waals surface area contributed by atoms with Gasteiger partial charge in [0.2, 0.25) is 0 Å². The molecule has 0 unspecified atom stereocenters. The molecule has 5 nitrogen and oxygen atoms in total. The maximum atomic E-state index is 9.08. The van der Waals surface area contributed by atoms with E-state index < -0.39 is 0 Å². The van der Waals surface area contributed by atoms with Gasteiger partial charge in [-0.3, -0.25) is 0 Å². The third-order valence-corrected chi connectivity index (χ3v) is 3.45. The van der Waals surface area contributed by atoms with Gasteiger partial charge in [-0.15, -0.1) is 20.4 Å². The maximum Gasteiger partial charge on any atom is 0.252 e. The number of phenols is 1. The van der Waals surface area contributed by atoms with E-state index in [9.17, 15) is 0 Å². The van der Waals surface area contributed by atoms with E-state index in [2.05, 4.69) is 20.4 Å². The largest absolute Gasteiger partial charge is 0.508 e. The second kappa shape index (κ2) is 5.04. The van der Waals surface area contributed by atoms with Crippen LogP contribution in [0.15, 0.2) is 38.8 Å². The van der Waals surface area contributed by atoms with Gasteiger partial charge in [0.25, 0.3) is 5.13 Å². The number of thioether (sulfide) groups is 1. The Bertz CT molecular complexity index is 494. The minimum atomic E-state index is 0.208. The van der Waals surface area contributed by atoms with Gasteiger partial charge in [0.15, 0.2) is 4.34 Å². The summed E-state index contributed by atoms with van der Waals surface area (Å²) in [4.78, 5) is 0. The molecule has 0 saturated heterocycles. The normalized spacial score (nSPS) is 11.1. The molecule has 0 aliphatic heterocycles. The van der Waals surface area contributed by atoms with Crippen LogP contribution in [0.5, 0.6) is 5.75 Å². The molecule has 0 radical (unpaired) electrons. The molecular formula is C9H8N4OS2. The molecule has 1 heterocycles. The number of aromatic nitrogens is 2. The van der Waals surface area contributed by atoms with E-state index in [4.69, 9.17) is 5.11 Å². The fourth-order valence-electron chi connectivity index (χ4n) is 0.945. The van der Waals surface area contributed by atoms with Crippen LogP contribution in [0.2, 0.25) is 0 Å². The van der Waals surface area contributed by atoms with Crippen molar-refractivity contribution in [3.05, 3.63) is 24.3 Å². The van der Waals surface area contributed by atoms with Crippen LogP contribution in [0.1, 0.15) is 0 Å². The molecule has 0 spiro atoms. The molecule has 1 aromatic heterocycles. The molecule has 0 bridgehead atoms. The molecular weight excluding hydrogens is 244 g/mol. The summed E-state index contributed by atoms with van der Waals surface area (Å²) >= 11 is 2.91. The lowest BCUT2D eigenvalue weighted by molar-refractivity contribution is 0.475. The Balaban J connectivity index is 2.11. The quantitative estimate of drug-likeness (QED) is 0.671. The fourth-order valence-corrected chi connectivity index (χ4v) is 2.03. The van der Waals surface area contributed by atoms with E-state index in [1.165, 1.54) is 23.1 Å². The molecule has 0 saturated carbocycles. The Hall–Kier alpha value is -1.47. The average Bonchev–Trinajstić information content (AvgIpc) is 2.76. The lowest BCUT2D eigenvalue weighted by atomic mass is 10.3. The van der Waals surface area contributed by atoms with Crippen LogP contribution in [0, 0.1) is 0 Å². The summed E-state index contributed by atoms with van der Waals surface area (Å²) in [6.45, 7) is 0. The van der Waals surface area contributed by atoms with Crippen LogP contribution in [-0.4, -0.2) is 21.6 Å². The van der Waals surface area contributed by atoms with Crippen molar-refractivity contribution >= 4 is 33.9 Å². The second-order valence-corrected chi connectivity index (χ2v) is 4.78. The molecule has 0 amide bonds. The maximum absolute atomic E-state index is 9.08. The molecule has 2 rings (SSSR count). The van der Waals surface area contributed by atoms with Crippen molar-refractivity contribution in [2.24, 2.45) is 10.2 Å². The van der Waals surface area contributed by atoms with Gasteiger partial charge in [0.1, 0.15) is 5.75 Å². The fraction of sp³-hybridized carbons (Fsp3) is 0.111. The average molecular weight is 252 g/mol. The zero-order valence-corrected chi connectivity index (χ0v) is 9.99. The van der Waals surface area contributed by atoms with E-state index in [0.29, 0.717) is 10.8 Å². The van der Waals surface area contributed by atoms with Gasteiger partial charge in [0.05, 0.1) is 5.69 Å². The summed E-state index contributed by atoms with van der Waals surface area (Å²) < 4.78 is 0.861. The molecule has 7 heteroatoms. The van der Waals surface area contributed by atoms with E-state index in [0.717, 1.165) is 4.34 Å². The first-order chi connectivity index (χ1) is 7.78. The number of benzene rings is 1. The third kappa shape index (κ3) is 2.77. The highest BCUT2D eigenvalue weighted by Gasteiger charge is 2.00. The van der Waals surface area contributed by atoms with Crippen molar-refractivity contribution in [3.63, 3.8) is 0 Å². The summed E-state index contributed by atoms with van der Waals surface area (Å²) in [6.07, 6.45) is 1.93. The minimum Gasteiger partial charge on any atom is -0.508 e. The van der Waals surface area contributed by atoms with Crippen LogP contribution < -0.4 is 0 Å². The Morgan fingerprint density at radius 1 is 1.19 bits per heavy atom. The van der Waals surface area contributed by atoms with Gasteiger partial charge >= 0.3 is 0 Å². The molecule has 0 aliphatic carbocycles. The number of aromatic hydroxyl groups is 1. The van der Waals surface area contributed by atoms with Crippen molar-refractivity contribution in [1.29, 1.82) is 0 Å². The van der Waals surface area contributed by atoms with Gasteiger partial charge in [-0.25, -0.2) is 0 Å². The van der Waals surface area contributed by atoms with Crippen molar-refractivity contribution in [2.75, 3.05) is 6.26 Å². The first-order valence-corrected chi connectivity index (χ1v) is 6.40. The smallest absolute Gasteiger partial charge is 0.252 e. The Kier molecular flexibility index (Phi) is 3.47. The molecule has 0 aliphatic rings. The summed E-state index contributed by atoms with van der Waals surface area (Å²) in [6, 6.07) is 6.47. The van der Waals surface area contributed by atoms with E-state index >= 15 is 0 Å². The lowest BCUT2D eigenvalue weighted by Gasteiger charge is -1.91. The van der Waals surface area contributed by atoms with E-state index in [1.807, 2.05) is 6.26 Å².